The van der Waals surface area contributed by atoms with Gasteiger partial charge in [0.2, 0.25) is 0 Å². The van der Waals surface area contributed by atoms with Gasteiger partial charge in [-0.05, 0) is 20.5 Å². The third kappa shape index (κ3) is 2.13. The van der Waals surface area contributed by atoms with Crippen molar-refractivity contribution < 1.29 is 0 Å². The zero-order chi connectivity index (χ0) is 12.0. The second-order valence-electron chi connectivity index (χ2n) is 7.26. The monoisotopic (exact) mass is 218 g/mol. The van der Waals surface area contributed by atoms with Crippen LogP contribution in [-0.4, -0.2) is 20.5 Å². The smallest absolute Gasteiger partial charge is 0.00757 e. The van der Waals surface area contributed by atoms with Gasteiger partial charge in [-0.1, -0.05) is 62.3 Å². The highest BCUT2D eigenvalue weighted by Gasteiger charge is 2.49. The molecule has 0 spiro atoms. The summed E-state index contributed by atoms with van der Waals surface area (Å²) >= 11 is 0. The molecule has 0 heterocycles. The highest BCUT2D eigenvalue weighted by atomic mass is 32.3. The molecule has 0 radical (unpaired) electrons. The van der Waals surface area contributed by atoms with Crippen LogP contribution < -0.4 is 0 Å². The van der Waals surface area contributed by atoms with E-state index in [2.05, 4.69) is 68.6 Å². The van der Waals surface area contributed by atoms with Crippen LogP contribution in [0.1, 0.15) is 62.3 Å². The van der Waals surface area contributed by atoms with E-state index in [1.165, 1.54) is 0 Å². The minimum absolute atomic E-state index is 0.406. The van der Waals surface area contributed by atoms with Crippen LogP contribution in [0.15, 0.2) is 0 Å². The van der Waals surface area contributed by atoms with Gasteiger partial charge in [-0.2, -0.15) is 0 Å². The summed E-state index contributed by atoms with van der Waals surface area (Å²) in [5.74, 6) is 0. The zero-order valence-electron chi connectivity index (χ0n) is 11.9. The minimum Gasteiger partial charge on any atom is -0.229 e. The molecule has 0 rings (SSSR count). The molecular formula is C13H30S. The summed E-state index contributed by atoms with van der Waals surface area (Å²) in [5, 5.41) is 0. The Morgan fingerprint density at radius 2 is 0.643 bits per heavy atom. The van der Waals surface area contributed by atoms with Crippen LogP contribution in [0, 0.1) is 0 Å². The lowest BCUT2D eigenvalue weighted by Crippen LogP contribution is -2.47. The van der Waals surface area contributed by atoms with Gasteiger partial charge in [-0.25, -0.2) is 10.0 Å². The van der Waals surface area contributed by atoms with Crippen molar-refractivity contribution in [2.45, 2.75) is 76.6 Å². The number of hydrogen-bond donors (Lipinski definition) is 0. The standard InChI is InChI=1S/C13H30S/c1-11(2,3)14(10,12(4,5)6)13(7,8)9/h1-10H3. The molecule has 0 nitrogen and oxygen atoms in total. The first kappa shape index (κ1) is 14.3. The second kappa shape index (κ2) is 3.43. The highest BCUT2D eigenvalue weighted by Crippen LogP contribution is 2.72. The predicted octanol–water partition coefficient (Wildman–Crippen LogP) is 4.82. The molecule has 0 atom stereocenters. The van der Waals surface area contributed by atoms with E-state index >= 15 is 0 Å². The first-order valence-corrected chi connectivity index (χ1v) is 7.56. The molecule has 0 aromatic carbocycles. The molecule has 0 unspecified atom stereocenters. The molecule has 0 saturated carbocycles. The van der Waals surface area contributed by atoms with Gasteiger partial charge >= 0.3 is 0 Å². The minimum atomic E-state index is -0.688. The fraction of sp³-hybridized carbons (Fsp3) is 1.00. The van der Waals surface area contributed by atoms with Crippen LogP contribution in [0.5, 0.6) is 0 Å². The van der Waals surface area contributed by atoms with Gasteiger partial charge in [-0.15, -0.1) is 0 Å². The highest BCUT2D eigenvalue weighted by molar-refractivity contribution is 8.36. The average Bonchev–Trinajstić information content (AvgIpc) is 1.77. The third-order valence-electron chi connectivity index (χ3n) is 3.67. The maximum absolute atomic E-state index is 2.52. The number of rotatable bonds is 0. The molecule has 0 bridgehead atoms. The Kier molecular flexibility index (Phi) is 3.52. The summed E-state index contributed by atoms with van der Waals surface area (Å²) in [5.41, 5.74) is 0. The lowest BCUT2D eigenvalue weighted by Gasteiger charge is -2.64. The van der Waals surface area contributed by atoms with Crippen LogP contribution in [0.4, 0.5) is 0 Å². The van der Waals surface area contributed by atoms with E-state index in [1.807, 2.05) is 0 Å². The van der Waals surface area contributed by atoms with Crippen molar-refractivity contribution in [3.63, 3.8) is 0 Å². The molecule has 1 heteroatoms. The van der Waals surface area contributed by atoms with Crippen molar-refractivity contribution in [3.05, 3.63) is 0 Å². The van der Waals surface area contributed by atoms with Crippen LogP contribution in [0.2, 0.25) is 0 Å². The molecule has 0 aliphatic rings. The molecule has 0 aliphatic heterocycles. The zero-order valence-corrected chi connectivity index (χ0v) is 12.7. The van der Waals surface area contributed by atoms with Gasteiger partial charge in [0.25, 0.3) is 0 Å². The Labute approximate surface area is 93.2 Å². The van der Waals surface area contributed by atoms with E-state index in [9.17, 15) is 0 Å². The van der Waals surface area contributed by atoms with Crippen molar-refractivity contribution in [3.8, 4) is 0 Å². The summed E-state index contributed by atoms with van der Waals surface area (Å²) < 4.78 is 1.22. The van der Waals surface area contributed by atoms with E-state index < -0.39 is 10.0 Å². The topological polar surface area (TPSA) is 0 Å². The summed E-state index contributed by atoms with van der Waals surface area (Å²) in [6.07, 6.45) is 2.52. The fourth-order valence-electron chi connectivity index (χ4n) is 2.76. The first-order chi connectivity index (χ1) is 5.75. The SMILES string of the molecule is CC(C)(C)S(C)(C(C)(C)C)C(C)(C)C. The lowest BCUT2D eigenvalue weighted by atomic mass is 10.2. The molecule has 0 aliphatic carbocycles. The van der Waals surface area contributed by atoms with E-state index in [-0.39, 0.29) is 0 Å². The molecular weight excluding hydrogens is 188 g/mol. The molecule has 14 heavy (non-hydrogen) atoms. The average molecular weight is 218 g/mol. The van der Waals surface area contributed by atoms with Gasteiger partial charge in [0, 0.05) is 0 Å². The summed E-state index contributed by atoms with van der Waals surface area (Å²) in [7, 11) is -0.688. The van der Waals surface area contributed by atoms with Crippen molar-refractivity contribution in [2.24, 2.45) is 0 Å². The predicted molar refractivity (Wildman–Crippen MR) is 72.8 cm³/mol. The molecule has 0 fully saturated rings. The third-order valence-corrected chi connectivity index (χ3v) is 11.0. The van der Waals surface area contributed by atoms with Crippen LogP contribution >= 0.6 is 10.0 Å². The van der Waals surface area contributed by atoms with Crippen molar-refractivity contribution in [1.29, 1.82) is 0 Å². The summed E-state index contributed by atoms with van der Waals surface area (Å²) in [6, 6.07) is 0. The molecule has 0 aromatic rings. The van der Waals surface area contributed by atoms with Crippen molar-refractivity contribution in [1.82, 2.24) is 0 Å². The first-order valence-electron chi connectivity index (χ1n) is 5.52. The quantitative estimate of drug-likeness (QED) is 0.547. The van der Waals surface area contributed by atoms with Crippen LogP contribution in [-0.2, 0) is 0 Å². The molecule has 0 amide bonds. The van der Waals surface area contributed by atoms with Gasteiger partial charge in [0.05, 0.1) is 0 Å². The number of hydrogen-bond acceptors (Lipinski definition) is 0. The van der Waals surface area contributed by atoms with Gasteiger partial charge in [-0.3, -0.25) is 0 Å². The van der Waals surface area contributed by atoms with E-state index in [0.29, 0.717) is 14.2 Å². The Hall–Kier alpha value is 0.350. The molecule has 0 saturated heterocycles. The lowest BCUT2D eigenvalue weighted by molar-refractivity contribution is 0.651. The van der Waals surface area contributed by atoms with Gasteiger partial charge in [0.1, 0.15) is 0 Å². The van der Waals surface area contributed by atoms with Crippen LogP contribution in [0.3, 0.4) is 0 Å². The van der Waals surface area contributed by atoms with Gasteiger partial charge in [0.15, 0.2) is 0 Å². The van der Waals surface area contributed by atoms with E-state index in [4.69, 9.17) is 0 Å². The largest absolute Gasteiger partial charge is 0.229 e. The van der Waals surface area contributed by atoms with Crippen molar-refractivity contribution in [2.75, 3.05) is 6.26 Å². The Balaban J connectivity index is 5.54. The maximum Gasteiger partial charge on any atom is -0.00757 e. The molecule has 0 N–H and O–H groups in total. The van der Waals surface area contributed by atoms with Gasteiger partial charge < -0.3 is 0 Å². The Bertz CT molecular complexity index is 159. The fourth-order valence-corrected chi connectivity index (χ4v) is 8.27. The van der Waals surface area contributed by atoms with Crippen molar-refractivity contribution >= 4 is 10.0 Å². The van der Waals surface area contributed by atoms with E-state index in [0.717, 1.165) is 0 Å². The molecule has 0 aromatic heterocycles. The Morgan fingerprint density at radius 1 is 0.500 bits per heavy atom. The second-order valence-corrected chi connectivity index (χ2v) is 12.8. The summed E-state index contributed by atoms with van der Waals surface area (Å²) in [6.45, 7) is 21.6. The Morgan fingerprint density at radius 3 is 0.643 bits per heavy atom. The normalized spacial score (nSPS) is 17.0. The molecule has 88 valence electrons. The van der Waals surface area contributed by atoms with E-state index in [1.54, 1.807) is 0 Å². The van der Waals surface area contributed by atoms with Crippen LogP contribution in [0.25, 0.3) is 0 Å². The maximum atomic E-state index is 2.52. The summed E-state index contributed by atoms with van der Waals surface area (Å²) in [4.78, 5) is 0.